The third-order valence-corrected chi connectivity index (χ3v) is 16.3. The second-order valence-corrected chi connectivity index (χ2v) is 22.4. The standard InChI is InChI=1S/C57H64O14/c1-27(2)15-14-22-55(10)23-21-33-44(69-55)32(19-18-28(3)4)47-39(46(33)67-52-43(60)42(59)48-35(65-52)26-64-54(8,9)68-48)49-40-37(38-41(58)30-16-12-13-17-31(30)45(38)66-49)34-25-36-53(6,7)71-56(50(34)61,57(36,40)70-47)24-20-29(5)51(62)63-11/h12-13,15-18,20-21,23,34-37,42-43,48,52,59-60H,14,19,22,24-26H2,1-11H3/b29-20-/t34?,35-,36?,37?,42-,43-,48-,52+,55?,56?,57?/m0/s1. The predicted octanol–water partition coefficient (Wildman–Crippen LogP) is 8.46. The number of hydrogen-bond donors (Lipinski definition) is 2. The summed E-state index contributed by atoms with van der Waals surface area (Å²) >= 11 is 0. The number of rotatable bonds is 10. The third kappa shape index (κ3) is 6.91. The first-order valence-corrected chi connectivity index (χ1v) is 24.9. The number of methoxy groups -OCH3 is 1. The Balaban J connectivity index is 1.20. The van der Waals surface area contributed by atoms with Crippen LogP contribution in [-0.4, -0.2) is 100 Å². The summed E-state index contributed by atoms with van der Waals surface area (Å²) in [4.78, 5) is 43.9. The van der Waals surface area contributed by atoms with Gasteiger partial charge in [0.05, 0.1) is 30.5 Å². The lowest BCUT2D eigenvalue weighted by molar-refractivity contribution is -0.373. The van der Waals surface area contributed by atoms with Crippen LogP contribution in [0.25, 0.3) is 17.6 Å². The molecule has 3 saturated heterocycles. The number of hydrogen-bond acceptors (Lipinski definition) is 14. The Bertz CT molecular complexity index is 2880. The van der Waals surface area contributed by atoms with Crippen LogP contribution >= 0.6 is 0 Å². The van der Waals surface area contributed by atoms with Crippen LogP contribution in [0.2, 0.25) is 0 Å². The fourth-order valence-electron chi connectivity index (χ4n) is 13.0. The molecular weight excluding hydrogens is 909 g/mol. The number of benzene rings is 2. The Labute approximate surface area is 414 Å². The van der Waals surface area contributed by atoms with Crippen LogP contribution < -0.4 is 14.2 Å². The van der Waals surface area contributed by atoms with Crippen LogP contribution in [-0.2, 0) is 44.4 Å². The van der Waals surface area contributed by atoms with Crippen LogP contribution in [0.4, 0.5) is 0 Å². The largest absolute Gasteiger partial charge is 0.482 e. The Kier molecular flexibility index (Phi) is 11.0. The summed E-state index contributed by atoms with van der Waals surface area (Å²) < 4.78 is 60.7. The van der Waals surface area contributed by atoms with Crippen molar-refractivity contribution in [2.24, 2.45) is 17.8 Å². The number of Topliss-reactive ketones (excluding diaryl/α,β-unsaturated/α-hetero) is 2. The molecule has 4 aliphatic carbocycles. The molecule has 6 unspecified atom stereocenters. The predicted molar refractivity (Wildman–Crippen MR) is 260 cm³/mol. The summed E-state index contributed by atoms with van der Waals surface area (Å²) in [7, 11) is 1.31. The van der Waals surface area contributed by atoms with E-state index in [4.69, 9.17) is 42.6 Å². The minimum atomic E-state index is -1.72. The number of ketones is 2. The number of allylic oxidation sites excluding steroid dienone is 5. The summed E-state index contributed by atoms with van der Waals surface area (Å²) in [5, 5.41) is 23.8. The van der Waals surface area contributed by atoms with Crippen LogP contribution in [0.3, 0.4) is 0 Å². The van der Waals surface area contributed by atoms with E-state index in [1.807, 2.05) is 65.0 Å². The van der Waals surface area contributed by atoms with E-state index in [1.54, 1.807) is 32.9 Å². The Hall–Kier alpha value is -5.35. The third-order valence-electron chi connectivity index (χ3n) is 16.3. The monoisotopic (exact) mass is 972 g/mol. The zero-order valence-corrected chi connectivity index (χ0v) is 42.4. The zero-order chi connectivity index (χ0) is 50.5. The molecule has 71 heavy (non-hydrogen) atoms. The molecule has 6 fully saturated rings. The highest BCUT2D eigenvalue weighted by atomic mass is 16.8. The summed E-state index contributed by atoms with van der Waals surface area (Å²) in [6, 6.07) is 7.30. The quantitative estimate of drug-likeness (QED) is 0.132. The van der Waals surface area contributed by atoms with Gasteiger partial charge in [-0.3, -0.25) is 9.59 Å². The van der Waals surface area contributed by atoms with E-state index in [1.165, 1.54) is 12.7 Å². The number of fused-ring (bicyclic) bond motifs is 6. The average Bonchev–Trinajstić information content (AvgIpc) is 3.68. The number of esters is 1. The van der Waals surface area contributed by atoms with Gasteiger partial charge in [0.15, 0.2) is 28.6 Å². The van der Waals surface area contributed by atoms with E-state index < -0.39 is 82.6 Å². The molecule has 4 bridgehead atoms. The van der Waals surface area contributed by atoms with Crippen LogP contribution in [0.15, 0.2) is 76.4 Å². The lowest BCUT2D eigenvalue weighted by Gasteiger charge is -2.62. The first kappa shape index (κ1) is 47.9. The van der Waals surface area contributed by atoms with Gasteiger partial charge in [0.25, 0.3) is 0 Å². The molecule has 2 N–H and O–H groups in total. The highest BCUT2D eigenvalue weighted by Gasteiger charge is 2.84. The number of carbonyl (C=O) groups excluding carboxylic acids is 3. The Morgan fingerprint density at radius 1 is 0.901 bits per heavy atom. The van der Waals surface area contributed by atoms with Crippen molar-refractivity contribution >= 4 is 35.1 Å². The van der Waals surface area contributed by atoms with Gasteiger partial charge in [0.1, 0.15) is 64.3 Å². The fraction of sp³-hybridized carbons (Fsp3) is 0.526. The number of aliphatic hydroxyl groups excluding tert-OH is 2. The summed E-state index contributed by atoms with van der Waals surface area (Å²) in [5.74, 6) is -2.43. The van der Waals surface area contributed by atoms with E-state index in [2.05, 4.69) is 26.0 Å². The molecular formula is C57H64O14. The molecule has 10 aliphatic rings. The van der Waals surface area contributed by atoms with Crippen LogP contribution in [0.5, 0.6) is 17.2 Å². The van der Waals surface area contributed by atoms with E-state index in [9.17, 15) is 19.8 Å². The molecule has 0 radical (unpaired) electrons. The topological polar surface area (TPSA) is 175 Å². The van der Waals surface area contributed by atoms with Crippen molar-refractivity contribution in [2.75, 3.05) is 13.7 Å². The average molecular weight is 973 g/mol. The highest BCUT2D eigenvalue weighted by molar-refractivity contribution is 6.22. The van der Waals surface area contributed by atoms with E-state index in [0.717, 1.165) is 12.0 Å². The molecule has 3 saturated carbocycles. The molecule has 2 aromatic rings. The van der Waals surface area contributed by atoms with Crippen LogP contribution in [0.1, 0.15) is 128 Å². The number of ether oxygens (including phenoxy) is 9. The molecule has 14 heteroatoms. The highest BCUT2D eigenvalue weighted by Crippen LogP contribution is 2.75. The van der Waals surface area contributed by atoms with Gasteiger partial charge in [-0.15, -0.1) is 0 Å². The van der Waals surface area contributed by atoms with Crippen molar-refractivity contribution in [3.8, 4) is 17.2 Å². The normalized spacial score (nSPS) is 34.9. The maximum absolute atomic E-state index is 15.9. The second kappa shape index (κ2) is 16.3. The Morgan fingerprint density at radius 2 is 1.63 bits per heavy atom. The maximum atomic E-state index is 15.9. The van der Waals surface area contributed by atoms with E-state index >= 15 is 4.79 Å². The van der Waals surface area contributed by atoms with Gasteiger partial charge in [-0.2, -0.15) is 0 Å². The van der Waals surface area contributed by atoms with Gasteiger partial charge in [0, 0.05) is 52.0 Å². The van der Waals surface area contributed by atoms with Crippen molar-refractivity contribution in [2.45, 2.75) is 160 Å². The Morgan fingerprint density at radius 3 is 2.35 bits per heavy atom. The van der Waals surface area contributed by atoms with Crippen molar-refractivity contribution in [3.05, 3.63) is 104 Å². The first-order valence-electron chi connectivity index (χ1n) is 24.9. The number of aliphatic hydroxyl groups is 2. The summed E-state index contributed by atoms with van der Waals surface area (Å²) in [6.07, 6.45) is 5.66. The molecule has 12 rings (SSSR count). The molecule has 6 aliphatic heterocycles. The molecule has 376 valence electrons. The lowest BCUT2D eigenvalue weighted by Crippen LogP contribution is -2.75. The lowest BCUT2D eigenvalue weighted by atomic mass is 9.45. The molecule has 0 aromatic heterocycles. The summed E-state index contributed by atoms with van der Waals surface area (Å²) in [5.41, 5.74) is 0.963. The van der Waals surface area contributed by atoms with E-state index in [0.29, 0.717) is 86.8 Å². The van der Waals surface area contributed by atoms with Crippen molar-refractivity contribution in [3.63, 3.8) is 0 Å². The minimum Gasteiger partial charge on any atom is -0.482 e. The first-order chi connectivity index (χ1) is 33.6. The minimum absolute atomic E-state index is 0.0507. The van der Waals surface area contributed by atoms with Gasteiger partial charge >= 0.3 is 5.97 Å². The summed E-state index contributed by atoms with van der Waals surface area (Å²) in [6.45, 7) is 19.3. The smallest absolute Gasteiger partial charge is 0.333 e. The molecule has 0 amide bonds. The van der Waals surface area contributed by atoms with Gasteiger partial charge < -0.3 is 52.8 Å². The van der Waals surface area contributed by atoms with Gasteiger partial charge in [-0.1, -0.05) is 53.6 Å². The van der Waals surface area contributed by atoms with E-state index in [-0.39, 0.29) is 30.3 Å². The molecule has 14 nitrogen and oxygen atoms in total. The van der Waals surface area contributed by atoms with Crippen molar-refractivity contribution < 1.29 is 67.2 Å². The SMILES string of the molecule is COC(=O)/C(C)=C\CC12OC(C)(C)C3CC(C1=O)C1C4=C(OC5=C1C32Oc1c(CC=C(C)C)c2c(c(O[C@H]3O[C@H]6COC(C)(C)O[C@@H]6[C@@H](O)[C@@H]3O)c15)C=CC(C)(CCC=C(C)C)O2)c1ccccc1C4=O. The number of carbonyl (C=O) groups is 3. The second-order valence-electron chi connectivity index (χ2n) is 22.4. The van der Waals surface area contributed by atoms with Gasteiger partial charge in [0.2, 0.25) is 6.29 Å². The molecule has 6 heterocycles. The maximum Gasteiger partial charge on any atom is 0.333 e. The fourth-order valence-corrected chi connectivity index (χ4v) is 13.0. The van der Waals surface area contributed by atoms with Crippen LogP contribution in [0, 0.1) is 17.8 Å². The van der Waals surface area contributed by atoms with Crippen molar-refractivity contribution in [1.29, 1.82) is 0 Å². The van der Waals surface area contributed by atoms with Gasteiger partial charge in [-0.25, -0.2) is 4.79 Å². The zero-order valence-electron chi connectivity index (χ0n) is 42.4. The molecule has 1 spiro atoms. The molecule has 2 aromatic carbocycles. The van der Waals surface area contributed by atoms with Crippen molar-refractivity contribution in [1.82, 2.24) is 0 Å². The van der Waals surface area contributed by atoms with Gasteiger partial charge in [-0.05, 0) is 107 Å². The molecule has 11 atom stereocenters.